The Morgan fingerprint density at radius 1 is 1.29 bits per heavy atom. The van der Waals surface area contributed by atoms with Crippen molar-refractivity contribution in [2.24, 2.45) is 23.5 Å². The predicted molar refractivity (Wildman–Crippen MR) is 81.8 cm³/mol. The molecule has 1 heterocycles. The molecule has 5 heteroatoms. The third-order valence-electron chi connectivity index (χ3n) is 5.93. The van der Waals surface area contributed by atoms with Gasteiger partial charge in [-0.1, -0.05) is 0 Å². The Hall–Kier alpha value is -0.650. The Kier molecular flexibility index (Phi) is 4.52. The molecule has 21 heavy (non-hydrogen) atoms. The highest BCUT2D eigenvalue weighted by Gasteiger charge is 2.50. The molecule has 2 N–H and O–H groups in total. The van der Waals surface area contributed by atoms with Gasteiger partial charge in [-0.25, -0.2) is 0 Å². The number of piperazine rings is 1. The molecule has 5 unspecified atom stereocenters. The number of nitrogens with zero attached hydrogens (tertiary/aromatic N) is 2. The van der Waals surface area contributed by atoms with Crippen molar-refractivity contribution in [3.8, 4) is 0 Å². The number of carbonyl (C=O) groups is 1. The van der Waals surface area contributed by atoms with Crippen molar-refractivity contribution in [1.29, 1.82) is 0 Å². The van der Waals surface area contributed by atoms with Crippen molar-refractivity contribution in [2.75, 3.05) is 39.9 Å². The van der Waals surface area contributed by atoms with Crippen LogP contribution in [0.25, 0.3) is 0 Å². The minimum absolute atomic E-state index is 0.0986. The third-order valence-corrected chi connectivity index (χ3v) is 5.93. The number of nitrogens with two attached hydrogens (primary N) is 1. The first-order valence-electron chi connectivity index (χ1n) is 8.39. The van der Waals surface area contributed by atoms with Crippen molar-refractivity contribution < 1.29 is 9.53 Å². The van der Waals surface area contributed by atoms with Crippen LogP contribution in [0.15, 0.2) is 0 Å². The van der Waals surface area contributed by atoms with E-state index in [1.807, 2.05) is 0 Å². The maximum atomic E-state index is 12.9. The Labute approximate surface area is 127 Å². The zero-order chi connectivity index (χ0) is 15.0. The van der Waals surface area contributed by atoms with Gasteiger partial charge in [-0.3, -0.25) is 9.69 Å². The third kappa shape index (κ3) is 2.83. The Bertz CT molecular complexity index is 388. The van der Waals surface area contributed by atoms with Crippen LogP contribution in [0.1, 0.15) is 26.2 Å². The molecule has 0 aromatic rings. The van der Waals surface area contributed by atoms with Crippen LogP contribution >= 0.6 is 0 Å². The van der Waals surface area contributed by atoms with Crippen LogP contribution in [-0.2, 0) is 9.53 Å². The quantitative estimate of drug-likeness (QED) is 0.822. The lowest BCUT2D eigenvalue weighted by molar-refractivity contribution is -0.140. The SMILES string of the molecule is COCCN1CCN(C(=O)C2C3CCC(C3)C2N)CC1C. The lowest BCUT2D eigenvalue weighted by Crippen LogP contribution is -2.57. The average Bonchev–Trinajstić information content (AvgIpc) is 3.06. The topological polar surface area (TPSA) is 58.8 Å². The van der Waals surface area contributed by atoms with Gasteiger partial charge in [-0.2, -0.15) is 0 Å². The first kappa shape index (κ1) is 15.3. The number of hydrogen-bond donors (Lipinski definition) is 1. The summed E-state index contributed by atoms with van der Waals surface area (Å²) in [6.45, 7) is 6.54. The number of hydrogen-bond acceptors (Lipinski definition) is 4. The fourth-order valence-electron chi connectivity index (χ4n) is 4.65. The minimum atomic E-state index is 0.0986. The largest absolute Gasteiger partial charge is 0.383 e. The molecule has 3 fully saturated rings. The van der Waals surface area contributed by atoms with Crippen LogP contribution in [0.5, 0.6) is 0 Å². The van der Waals surface area contributed by atoms with Crippen molar-refractivity contribution in [1.82, 2.24) is 9.80 Å². The summed E-state index contributed by atoms with van der Waals surface area (Å²) < 4.78 is 5.16. The average molecular weight is 295 g/mol. The molecule has 120 valence electrons. The van der Waals surface area contributed by atoms with Crippen LogP contribution in [-0.4, -0.2) is 67.7 Å². The highest BCUT2D eigenvalue weighted by atomic mass is 16.5. The Balaban J connectivity index is 1.57. The summed E-state index contributed by atoms with van der Waals surface area (Å²) in [5, 5.41) is 0. The van der Waals surface area contributed by atoms with Gasteiger partial charge in [0.1, 0.15) is 0 Å². The van der Waals surface area contributed by atoms with E-state index in [0.717, 1.165) is 32.8 Å². The van der Waals surface area contributed by atoms with Crippen LogP contribution in [0.4, 0.5) is 0 Å². The summed E-state index contributed by atoms with van der Waals surface area (Å²) in [6, 6.07) is 0.519. The normalized spacial score (nSPS) is 40.0. The van der Waals surface area contributed by atoms with E-state index in [2.05, 4.69) is 16.7 Å². The van der Waals surface area contributed by atoms with Gasteiger partial charge in [0.25, 0.3) is 0 Å². The predicted octanol–water partition coefficient (Wildman–Crippen LogP) is 0.539. The van der Waals surface area contributed by atoms with Gasteiger partial charge in [0.15, 0.2) is 0 Å². The van der Waals surface area contributed by atoms with Gasteiger partial charge in [-0.05, 0) is 38.0 Å². The number of amides is 1. The van der Waals surface area contributed by atoms with Gasteiger partial charge >= 0.3 is 0 Å². The molecule has 5 atom stereocenters. The molecule has 2 aliphatic carbocycles. The number of rotatable bonds is 4. The van der Waals surface area contributed by atoms with Gasteiger partial charge in [0.05, 0.1) is 12.5 Å². The van der Waals surface area contributed by atoms with Gasteiger partial charge in [0.2, 0.25) is 5.91 Å². The summed E-state index contributed by atoms with van der Waals surface area (Å²) in [6.07, 6.45) is 3.62. The minimum Gasteiger partial charge on any atom is -0.383 e. The molecule has 1 amide bonds. The summed E-state index contributed by atoms with van der Waals surface area (Å²) >= 11 is 0. The summed E-state index contributed by atoms with van der Waals surface area (Å²) in [5.41, 5.74) is 6.32. The van der Waals surface area contributed by atoms with Crippen molar-refractivity contribution in [2.45, 2.75) is 38.3 Å². The van der Waals surface area contributed by atoms with Crippen LogP contribution in [0.2, 0.25) is 0 Å². The van der Waals surface area contributed by atoms with Gasteiger partial charge in [-0.15, -0.1) is 0 Å². The fourth-order valence-corrected chi connectivity index (χ4v) is 4.65. The lowest BCUT2D eigenvalue weighted by atomic mass is 9.83. The van der Waals surface area contributed by atoms with Crippen LogP contribution in [0, 0.1) is 17.8 Å². The fraction of sp³-hybridized carbons (Fsp3) is 0.938. The molecule has 0 aromatic heterocycles. The van der Waals surface area contributed by atoms with E-state index in [4.69, 9.17) is 10.5 Å². The molecule has 5 nitrogen and oxygen atoms in total. The molecule has 3 aliphatic rings. The highest BCUT2D eigenvalue weighted by molar-refractivity contribution is 5.80. The number of carbonyl (C=O) groups excluding carboxylic acids is 1. The summed E-state index contributed by atoms with van der Waals surface area (Å²) in [4.78, 5) is 17.3. The lowest BCUT2D eigenvalue weighted by Gasteiger charge is -2.42. The summed E-state index contributed by atoms with van der Waals surface area (Å²) in [7, 11) is 1.74. The van der Waals surface area contributed by atoms with E-state index in [-0.39, 0.29) is 12.0 Å². The molecular weight excluding hydrogens is 266 g/mol. The molecule has 0 aromatic carbocycles. The second-order valence-electron chi connectivity index (χ2n) is 7.10. The molecule has 2 bridgehead atoms. The first-order chi connectivity index (χ1) is 10.1. The van der Waals surface area contributed by atoms with Gasteiger partial charge in [0, 0.05) is 45.4 Å². The van der Waals surface area contributed by atoms with Crippen LogP contribution in [0.3, 0.4) is 0 Å². The number of fused-ring (bicyclic) bond motifs is 2. The number of ether oxygens (including phenoxy) is 1. The van der Waals surface area contributed by atoms with Crippen LogP contribution < -0.4 is 5.73 Å². The molecule has 0 spiro atoms. The maximum Gasteiger partial charge on any atom is 0.227 e. The molecule has 0 radical (unpaired) electrons. The Morgan fingerprint density at radius 3 is 2.67 bits per heavy atom. The van der Waals surface area contributed by atoms with Crippen molar-refractivity contribution in [3.63, 3.8) is 0 Å². The molecule has 1 saturated heterocycles. The van der Waals surface area contributed by atoms with E-state index in [1.165, 1.54) is 19.3 Å². The first-order valence-corrected chi connectivity index (χ1v) is 8.39. The van der Waals surface area contributed by atoms with E-state index >= 15 is 0 Å². The number of methoxy groups -OCH3 is 1. The smallest absolute Gasteiger partial charge is 0.227 e. The Morgan fingerprint density at radius 2 is 2.05 bits per heavy atom. The zero-order valence-corrected chi connectivity index (χ0v) is 13.3. The molecular formula is C16H29N3O2. The van der Waals surface area contributed by atoms with Gasteiger partial charge < -0.3 is 15.4 Å². The molecule has 3 rings (SSSR count). The van der Waals surface area contributed by atoms with E-state index < -0.39 is 0 Å². The monoisotopic (exact) mass is 295 g/mol. The molecule has 2 saturated carbocycles. The summed E-state index contributed by atoms with van der Waals surface area (Å²) in [5.74, 6) is 1.58. The zero-order valence-electron chi connectivity index (χ0n) is 13.3. The van der Waals surface area contributed by atoms with Crippen molar-refractivity contribution >= 4 is 5.91 Å². The maximum absolute atomic E-state index is 12.9. The highest BCUT2D eigenvalue weighted by Crippen LogP contribution is 2.48. The van der Waals surface area contributed by atoms with E-state index in [9.17, 15) is 4.79 Å². The standard InChI is InChI=1S/C16H29N3O2/c1-11-10-19(6-5-18(11)7-8-21-2)16(20)14-12-3-4-13(9-12)15(14)17/h11-15H,3-10,17H2,1-2H3. The van der Waals surface area contributed by atoms with E-state index in [1.54, 1.807) is 7.11 Å². The molecule has 1 aliphatic heterocycles. The second-order valence-corrected chi connectivity index (χ2v) is 7.10. The second kappa shape index (κ2) is 6.23. The van der Waals surface area contributed by atoms with Crippen molar-refractivity contribution in [3.05, 3.63) is 0 Å². The van der Waals surface area contributed by atoms with E-state index in [0.29, 0.717) is 23.8 Å².